The molecule has 4 rings (SSSR count). The zero-order valence-electron chi connectivity index (χ0n) is 10.2. The van der Waals surface area contributed by atoms with Crippen molar-refractivity contribution in [1.82, 2.24) is 19.9 Å². The molecule has 0 atom stereocenters. The maximum Gasteiger partial charge on any atom is 0.244 e. The topological polar surface area (TPSA) is 104 Å². The van der Waals surface area contributed by atoms with Gasteiger partial charge in [-0.3, -0.25) is 0 Å². The molecule has 0 spiro atoms. The fraction of sp³-hybridized carbons (Fsp3) is 0.167. The van der Waals surface area contributed by atoms with E-state index in [-0.39, 0.29) is 6.61 Å². The molecule has 0 radical (unpaired) electrons. The fourth-order valence-electron chi connectivity index (χ4n) is 1.73. The number of hydrogen-bond donors (Lipinski definition) is 3. The van der Waals surface area contributed by atoms with Gasteiger partial charge in [-0.2, -0.15) is 4.98 Å². The van der Waals surface area contributed by atoms with Gasteiger partial charge in [0.2, 0.25) is 11.4 Å². The Balaban J connectivity index is 0.000000117. The van der Waals surface area contributed by atoms with Crippen LogP contribution < -0.4 is 0 Å². The summed E-state index contributed by atoms with van der Waals surface area (Å²) in [5.74, 6) is 1.43. The van der Waals surface area contributed by atoms with Gasteiger partial charge in [0, 0.05) is 12.1 Å². The number of aromatic nitrogens is 4. The van der Waals surface area contributed by atoms with Crippen LogP contribution >= 0.6 is 0 Å². The molecule has 0 aliphatic rings. The third-order valence-corrected chi connectivity index (χ3v) is 2.55. The molecule has 7 nitrogen and oxygen atoms in total. The first-order valence-corrected chi connectivity index (χ1v) is 5.68. The minimum absolute atomic E-state index is 0.0792. The van der Waals surface area contributed by atoms with Crippen molar-refractivity contribution in [1.29, 1.82) is 0 Å². The predicted molar refractivity (Wildman–Crippen MR) is 67.4 cm³/mol. The van der Waals surface area contributed by atoms with E-state index in [0.29, 0.717) is 17.3 Å². The molecular formula is C12H12N4O3. The third-order valence-electron chi connectivity index (χ3n) is 2.55. The Hall–Kier alpha value is -2.54. The molecule has 0 bridgehead atoms. The Kier molecular flexibility index (Phi) is 2.81. The molecule has 0 fully saturated rings. The minimum Gasteiger partial charge on any atom is -0.445 e. The Labute approximate surface area is 107 Å². The molecular weight excluding hydrogens is 248 g/mol. The van der Waals surface area contributed by atoms with E-state index in [2.05, 4.69) is 19.9 Å². The van der Waals surface area contributed by atoms with Crippen LogP contribution in [0.4, 0.5) is 0 Å². The maximum absolute atomic E-state index is 8.62. The van der Waals surface area contributed by atoms with Crippen LogP contribution in [0.2, 0.25) is 0 Å². The van der Waals surface area contributed by atoms with Gasteiger partial charge in [0.05, 0.1) is 12.6 Å². The van der Waals surface area contributed by atoms with Crippen molar-refractivity contribution in [3.63, 3.8) is 0 Å². The van der Waals surface area contributed by atoms with E-state index in [1.54, 1.807) is 18.7 Å². The van der Waals surface area contributed by atoms with E-state index in [1.165, 1.54) is 0 Å². The number of nitrogens with one attached hydrogen (secondary N) is 2. The van der Waals surface area contributed by atoms with Gasteiger partial charge in [-0.25, -0.2) is 4.98 Å². The van der Waals surface area contributed by atoms with Crippen molar-refractivity contribution in [2.24, 2.45) is 0 Å². The van der Waals surface area contributed by atoms with E-state index < -0.39 is 0 Å². The first-order valence-electron chi connectivity index (χ1n) is 5.68. The molecule has 0 saturated heterocycles. The van der Waals surface area contributed by atoms with Crippen LogP contribution in [0.15, 0.2) is 33.6 Å². The number of hydrogen-bond acceptors (Lipinski definition) is 5. The lowest BCUT2D eigenvalue weighted by molar-refractivity contribution is 0.272. The zero-order valence-corrected chi connectivity index (χ0v) is 10.2. The number of furan rings is 2. The second-order valence-electron chi connectivity index (χ2n) is 3.96. The number of H-pyrrole nitrogens is 2. The van der Waals surface area contributed by atoms with Crippen LogP contribution in [-0.2, 0) is 6.61 Å². The van der Waals surface area contributed by atoms with E-state index in [0.717, 1.165) is 16.8 Å². The summed E-state index contributed by atoms with van der Waals surface area (Å²) in [5.41, 5.74) is 3.02. The summed E-state index contributed by atoms with van der Waals surface area (Å²) in [6.45, 7) is 1.82. The highest BCUT2D eigenvalue weighted by Gasteiger charge is 2.02. The molecule has 0 amide bonds. The summed E-state index contributed by atoms with van der Waals surface area (Å²) < 4.78 is 10.1. The Morgan fingerprint density at radius 3 is 2.95 bits per heavy atom. The lowest BCUT2D eigenvalue weighted by atomic mass is 10.5. The molecule has 0 aromatic carbocycles. The zero-order chi connectivity index (χ0) is 13.2. The largest absolute Gasteiger partial charge is 0.445 e. The highest BCUT2D eigenvalue weighted by molar-refractivity contribution is 5.69. The van der Waals surface area contributed by atoms with E-state index in [9.17, 15) is 0 Å². The summed E-state index contributed by atoms with van der Waals surface area (Å²) in [4.78, 5) is 13.6. The molecule has 4 aromatic heterocycles. The van der Waals surface area contributed by atoms with E-state index in [4.69, 9.17) is 13.9 Å². The van der Waals surface area contributed by atoms with Crippen LogP contribution in [0.3, 0.4) is 0 Å². The van der Waals surface area contributed by atoms with Crippen molar-refractivity contribution in [2.45, 2.75) is 13.5 Å². The molecule has 98 valence electrons. The Morgan fingerprint density at radius 2 is 2.21 bits per heavy atom. The number of nitrogens with zero attached hydrogens (tertiary/aromatic N) is 2. The smallest absolute Gasteiger partial charge is 0.244 e. The number of imidazole rings is 2. The second kappa shape index (κ2) is 4.62. The van der Waals surface area contributed by atoms with E-state index >= 15 is 0 Å². The number of aromatic amines is 2. The monoisotopic (exact) mass is 260 g/mol. The molecule has 4 aromatic rings. The molecule has 19 heavy (non-hydrogen) atoms. The van der Waals surface area contributed by atoms with Crippen LogP contribution in [0.1, 0.15) is 11.6 Å². The van der Waals surface area contributed by atoms with Gasteiger partial charge in [0.15, 0.2) is 0 Å². The quantitative estimate of drug-likeness (QED) is 0.486. The first-order chi connectivity index (χ1) is 9.26. The SMILES string of the molecule is Cc1cc2[nH]cnc2o1.OCc1nc2occc2[nH]1. The maximum atomic E-state index is 8.62. The van der Waals surface area contributed by atoms with E-state index in [1.807, 2.05) is 13.0 Å². The molecule has 4 heterocycles. The minimum atomic E-state index is -0.0792. The average Bonchev–Trinajstić information content (AvgIpc) is 3.06. The molecule has 0 saturated carbocycles. The van der Waals surface area contributed by atoms with Crippen molar-refractivity contribution in [3.8, 4) is 0 Å². The van der Waals surface area contributed by atoms with Gasteiger partial charge in [0.25, 0.3) is 0 Å². The Bertz CT molecular complexity index is 735. The summed E-state index contributed by atoms with van der Waals surface area (Å²) in [5, 5.41) is 8.62. The lowest BCUT2D eigenvalue weighted by Crippen LogP contribution is -1.83. The summed E-state index contributed by atoms with van der Waals surface area (Å²) >= 11 is 0. The van der Waals surface area contributed by atoms with Crippen LogP contribution in [0, 0.1) is 6.92 Å². The molecule has 0 aliphatic carbocycles. The fourth-order valence-corrected chi connectivity index (χ4v) is 1.73. The molecule has 0 unspecified atom stereocenters. The second-order valence-corrected chi connectivity index (χ2v) is 3.96. The van der Waals surface area contributed by atoms with Crippen LogP contribution in [0.25, 0.3) is 22.5 Å². The standard InChI is InChI=1S/C6H6N2O2.C6H6N2O/c9-3-5-7-4-1-2-10-6(4)8-5;1-4-2-5-6(9-4)8-3-7-5/h1-2,9H,3H2,(H,7,8);2-3H,1H3,(H,7,8). The van der Waals surface area contributed by atoms with Crippen LogP contribution in [0.5, 0.6) is 0 Å². The molecule has 7 heteroatoms. The molecule has 3 N–H and O–H groups in total. The predicted octanol–water partition coefficient (Wildman–Crippen LogP) is 2.11. The normalized spacial score (nSPS) is 10.8. The average molecular weight is 260 g/mol. The van der Waals surface area contributed by atoms with Gasteiger partial charge < -0.3 is 23.9 Å². The van der Waals surface area contributed by atoms with Gasteiger partial charge in [0.1, 0.15) is 29.2 Å². The van der Waals surface area contributed by atoms with Crippen molar-refractivity contribution < 1.29 is 13.9 Å². The molecule has 0 aliphatic heterocycles. The number of aryl methyl sites for hydroxylation is 1. The van der Waals surface area contributed by atoms with Gasteiger partial charge in [-0.05, 0) is 6.92 Å². The number of rotatable bonds is 1. The number of aliphatic hydroxyl groups excluding tert-OH is 1. The lowest BCUT2D eigenvalue weighted by Gasteiger charge is -1.80. The van der Waals surface area contributed by atoms with Gasteiger partial charge in [-0.15, -0.1) is 0 Å². The van der Waals surface area contributed by atoms with Crippen molar-refractivity contribution >= 4 is 22.5 Å². The summed E-state index contributed by atoms with van der Waals surface area (Å²) in [6, 6.07) is 3.68. The van der Waals surface area contributed by atoms with Crippen molar-refractivity contribution in [3.05, 3.63) is 36.3 Å². The van der Waals surface area contributed by atoms with Gasteiger partial charge >= 0.3 is 0 Å². The number of aliphatic hydroxyl groups is 1. The third kappa shape index (κ3) is 2.23. The Morgan fingerprint density at radius 1 is 1.32 bits per heavy atom. The van der Waals surface area contributed by atoms with Crippen LogP contribution in [-0.4, -0.2) is 25.0 Å². The highest BCUT2D eigenvalue weighted by Crippen LogP contribution is 2.13. The highest BCUT2D eigenvalue weighted by atomic mass is 16.3. The summed E-state index contributed by atoms with van der Waals surface area (Å²) in [7, 11) is 0. The summed E-state index contributed by atoms with van der Waals surface area (Å²) in [6.07, 6.45) is 3.17. The first kappa shape index (κ1) is 11.5. The van der Waals surface area contributed by atoms with Gasteiger partial charge in [-0.1, -0.05) is 0 Å². The van der Waals surface area contributed by atoms with Crippen molar-refractivity contribution in [2.75, 3.05) is 0 Å². The number of fused-ring (bicyclic) bond motifs is 2.